The summed E-state index contributed by atoms with van der Waals surface area (Å²) in [7, 11) is 2.06. The second-order valence-corrected chi connectivity index (χ2v) is 6.07. The van der Waals surface area contributed by atoms with Gasteiger partial charge in [-0.1, -0.05) is 60.1 Å². The first kappa shape index (κ1) is 13.7. The van der Waals surface area contributed by atoms with Crippen molar-refractivity contribution in [3.8, 4) is 0 Å². The smallest absolute Gasteiger partial charge is 0.0438 e. The lowest BCUT2D eigenvalue weighted by Crippen LogP contribution is -2.39. The average Bonchev–Trinajstić information content (AvgIpc) is 3.29. The second kappa shape index (κ2) is 5.59. The molecule has 1 aliphatic carbocycles. The van der Waals surface area contributed by atoms with E-state index in [9.17, 15) is 0 Å². The van der Waals surface area contributed by atoms with Gasteiger partial charge in [0.05, 0.1) is 0 Å². The number of hydrogen-bond donors (Lipinski definition) is 1. The van der Waals surface area contributed by atoms with Gasteiger partial charge in [-0.2, -0.15) is 0 Å². The van der Waals surface area contributed by atoms with E-state index in [1.165, 1.54) is 24.0 Å². The molecule has 3 rings (SSSR count). The third-order valence-corrected chi connectivity index (χ3v) is 4.90. The normalized spacial score (nSPS) is 17.7. The predicted molar refractivity (Wildman–Crippen MR) is 85.4 cm³/mol. The van der Waals surface area contributed by atoms with Crippen molar-refractivity contribution in [3.63, 3.8) is 0 Å². The molecule has 1 N–H and O–H groups in total. The molecule has 1 aliphatic rings. The van der Waals surface area contributed by atoms with Crippen LogP contribution in [0.2, 0.25) is 5.02 Å². The van der Waals surface area contributed by atoms with Crippen molar-refractivity contribution in [2.45, 2.75) is 30.7 Å². The molecule has 0 radical (unpaired) electrons. The van der Waals surface area contributed by atoms with Crippen LogP contribution in [0.25, 0.3) is 0 Å². The molecule has 0 aliphatic heterocycles. The molecule has 1 unspecified atom stereocenters. The Labute approximate surface area is 126 Å². The Kier molecular flexibility index (Phi) is 3.82. The van der Waals surface area contributed by atoms with Crippen LogP contribution in [0, 0.1) is 0 Å². The maximum Gasteiger partial charge on any atom is 0.0438 e. The summed E-state index contributed by atoms with van der Waals surface area (Å²) in [5.74, 6) is 0. The van der Waals surface area contributed by atoms with Gasteiger partial charge in [-0.05, 0) is 43.5 Å². The summed E-state index contributed by atoms with van der Waals surface area (Å²) < 4.78 is 0. The lowest BCUT2D eigenvalue weighted by molar-refractivity contribution is 0.442. The minimum Gasteiger partial charge on any atom is -0.316 e. The minimum absolute atomic E-state index is 0.287. The van der Waals surface area contributed by atoms with Crippen LogP contribution in [0.1, 0.15) is 24.0 Å². The van der Waals surface area contributed by atoms with Gasteiger partial charge in [0.15, 0.2) is 0 Å². The minimum atomic E-state index is 0.287. The molecule has 2 heteroatoms. The zero-order chi connectivity index (χ0) is 14.0. The lowest BCUT2D eigenvalue weighted by Gasteiger charge is -2.28. The van der Waals surface area contributed by atoms with Gasteiger partial charge in [0.1, 0.15) is 0 Å². The molecule has 2 aromatic carbocycles. The SMILES string of the molecule is CNC(Cc1ccccc1Cl)C1(c2ccccc2)CC1. The maximum absolute atomic E-state index is 6.31. The molecule has 20 heavy (non-hydrogen) atoms. The number of hydrogen-bond acceptors (Lipinski definition) is 1. The van der Waals surface area contributed by atoms with E-state index in [0.29, 0.717) is 6.04 Å². The van der Waals surface area contributed by atoms with Crippen LogP contribution < -0.4 is 5.32 Å². The van der Waals surface area contributed by atoms with Crippen LogP contribution in [0.15, 0.2) is 54.6 Å². The van der Waals surface area contributed by atoms with Crippen molar-refractivity contribution < 1.29 is 0 Å². The number of rotatable bonds is 5. The molecule has 1 atom stereocenters. The Hall–Kier alpha value is -1.31. The van der Waals surface area contributed by atoms with E-state index in [1.807, 2.05) is 12.1 Å². The van der Waals surface area contributed by atoms with E-state index >= 15 is 0 Å². The lowest BCUT2D eigenvalue weighted by atomic mass is 9.84. The van der Waals surface area contributed by atoms with Crippen LogP contribution in [0.3, 0.4) is 0 Å². The van der Waals surface area contributed by atoms with Crippen molar-refractivity contribution in [1.29, 1.82) is 0 Å². The first-order valence-corrected chi connectivity index (χ1v) is 7.60. The van der Waals surface area contributed by atoms with Crippen LogP contribution in [-0.2, 0) is 11.8 Å². The first-order valence-electron chi connectivity index (χ1n) is 7.22. The summed E-state index contributed by atoms with van der Waals surface area (Å²) in [6.07, 6.45) is 3.49. The summed E-state index contributed by atoms with van der Waals surface area (Å²) in [4.78, 5) is 0. The number of nitrogens with one attached hydrogen (secondary N) is 1. The Bertz CT molecular complexity index is 575. The summed E-state index contributed by atoms with van der Waals surface area (Å²) in [6.45, 7) is 0. The molecule has 1 nitrogen and oxygen atoms in total. The molecule has 0 bridgehead atoms. The fourth-order valence-corrected chi connectivity index (χ4v) is 3.41. The zero-order valence-corrected chi connectivity index (χ0v) is 12.5. The standard InChI is InChI=1S/C18H20ClN/c1-20-17(13-14-7-5-6-10-16(14)19)18(11-12-18)15-8-3-2-4-9-15/h2-10,17,20H,11-13H2,1H3. The van der Waals surface area contributed by atoms with E-state index in [0.717, 1.165) is 11.4 Å². The molecule has 0 saturated heterocycles. The van der Waals surface area contributed by atoms with Gasteiger partial charge in [-0.15, -0.1) is 0 Å². The summed E-state index contributed by atoms with van der Waals surface area (Å²) in [5.41, 5.74) is 2.97. The number of benzene rings is 2. The number of likely N-dealkylation sites (N-methyl/N-ethyl adjacent to an activating group) is 1. The molecule has 1 saturated carbocycles. The van der Waals surface area contributed by atoms with Gasteiger partial charge in [0.2, 0.25) is 0 Å². The highest BCUT2D eigenvalue weighted by Crippen LogP contribution is 2.51. The quantitative estimate of drug-likeness (QED) is 0.868. The largest absolute Gasteiger partial charge is 0.316 e. The van der Waals surface area contributed by atoms with E-state index < -0.39 is 0 Å². The van der Waals surface area contributed by atoms with Gasteiger partial charge >= 0.3 is 0 Å². The van der Waals surface area contributed by atoms with Gasteiger partial charge in [0, 0.05) is 16.5 Å². The van der Waals surface area contributed by atoms with E-state index in [-0.39, 0.29) is 5.41 Å². The van der Waals surface area contributed by atoms with Gasteiger partial charge in [-0.3, -0.25) is 0 Å². The molecule has 2 aromatic rings. The topological polar surface area (TPSA) is 12.0 Å². The Balaban J connectivity index is 1.86. The fourth-order valence-electron chi connectivity index (χ4n) is 3.20. The van der Waals surface area contributed by atoms with Crippen molar-refractivity contribution in [3.05, 3.63) is 70.7 Å². The molecule has 0 amide bonds. The number of halogens is 1. The Morgan fingerprint density at radius 1 is 1.05 bits per heavy atom. The summed E-state index contributed by atoms with van der Waals surface area (Å²) >= 11 is 6.31. The van der Waals surface area contributed by atoms with Crippen LogP contribution in [0.4, 0.5) is 0 Å². The predicted octanol–water partition coefficient (Wildman–Crippen LogP) is 4.20. The molecular weight excluding hydrogens is 266 g/mol. The third kappa shape index (κ3) is 2.48. The van der Waals surface area contributed by atoms with Crippen LogP contribution in [-0.4, -0.2) is 13.1 Å². The highest BCUT2D eigenvalue weighted by atomic mass is 35.5. The molecule has 0 aromatic heterocycles. The zero-order valence-electron chi connectivity index (χ0n) is 11.8. The van der Waals surface area contributed by atoms with Crippen molar-refractivity contribution >= 4 is 11.6 Å². The molecular formula is C18H20ClN. The Morgan fingerprint density at radius 3 is 2.30 bits per heavy atom. The molecule has 1 fully saturated rings. The van der Waals surface area contributed by atoms with Crippen LogP contribution in [0.5, 0.6) is 0 Å². The first-order chi connectivity index (χ1) is 9.76. The van der Waals surface area contributed by atoms with E-state index in [2.05, 4.69) is 54.8 Å². The molecule has 0 spiro atoms. The third-order valence-electron chi connectivity index (χ3n) is 4.53. The fraction of sp³-hybridized carbons (Fsp3) is 0.333. The van der Waals surface area contributed by atoms with Crippen LogP contribution >= 0.6 is 11.6 Å². The van der Waals surface area contributed by atoms with E-state index in [4.69, 9.17) is 11.6 Å². The highest BCUT2D eigenvalue weighted by Gasteiger charge is 2.49. The summed E-state index contributed by atoms with van der Waals surface area (Å²) in [6, 6.07) is 19.5. The maximum atomic E-state index is 6.31. The van der Waals surface area contributed by atoms with E-state index in [1.54, 1.807) is 0 Å². The second-order valence-electron chi connectivity index (χ2n) is 5.66. The highest BCUT2D eigenvalue weighted by molar-refractivity contribution is 6.31. The summed E-state index contributed by atoms with van der Waals surface area (Å²) in [5, 5.41) is 4.39. The van der Waals surface area contributed by atoms with Crippen molar-refractivity contribution in [2.75, 3.05) is 7.05 Å². The van der Waals surface area contributed by atoms with Gasteiger partial charge in [-0.25, -0.2) is 0 Å². The Morgan fingerprint density at radius 2 is 1.70 bits per heavy atom. The van der Waals surface area contributed by atoms with Gasteiger partial charge < -0.3 is 5.32 Å². The monoisotopic (exact) mass is 285 g/mol. The van der Waals surface area contributed by atoms with Crippen molar-refractivity contribution in [2.24, 2.45) is 0 Å². The van der Waals surface area contributed by atoms with Crippen molar-refractivity contribution in [1.82, 2.24) is 5.32 Å². The molecule has 104 valence electrons. The van der Waals surface area contributed by atoms with Gasteiger partial charge in [0.25, 0.3) is 0 Å². The average molecular weight is 286 g/mol. The molecule has 0 heterocycles.